The van der Waals surface area contributed by atoms with Gasteiger partial charge in [-0.15, -0.1) is 0 Å². The zero-order chi connectivity index (χ0) is 24.4. The predicted molar refractivity (Wildman–Crippen MR) is 135 cm³/mol. The Hall–Kier alpha value is -3.11. The Bertz CT molecular complexity index is 1100. The van der Waals surface area contributed by atoms with E-state index in [1.54, 1.807) is 24.3 Å². The molecule has 0 aliphatic rings. The lowest BCUT2D eigenvalue weighted by Gasteiger charge is -2.30. The van der Waals surface area contributed by atoms with Crippen LogP contribution < -0.4 is 9.47 Å². The highest BCUT2D eigenvalue weighted by molar-refractivity contribution is 6.31. The highest BCUT2D eigenvalue weighted by Crippen LogP contribution is 2.39. The average molecular weight is 481 g/mol. The van der Waals surface area contributed by atoms with Gasteiger partial charge in [-0.25, -0.2) is 4.39 Å². The molecule has 1 unspecified atom stereocenters. The molecule has 3 aromatic rings. The molecule has 3 nitrogen and oxygen atoms in total. The van der Waals surface area contributed by atoms with E-state index in [0.717, 1.165) is 29.7 Å². The van der Waals surface area contributed by atoms with Crippen LogP contribution in [-0.4, -0.2) is 12.9 Å². The van der Waals surface area contributed by atoms with E-state index in [0.29, 0.717) is 36.5 Å². The van der Waals surface area contributed by atoms with Crippen LogP contribution in [0.4, 0.5) is 4.39 Å². The summed E-state index contributed by atoms with van der Waals surface area (Å²) < 4.78 is 25.7. The Morgan fingerprint density at radius 2 is 1.76 bits per heavy atom. The van der Waals surface area contributed by atoms with Crippen molar-refractivity contribution < 1.29 is 18.7 Å². The van der Waals surface area contributed by atoms with Crippen molar-refractivity contribution in [3.05, 3.63) is 101 Å². The minimum Gasteiger partial charge on any atom is -0.494 e. The molecule has 3 rings (SSSR count). The van der Waals surface area contributed by atoms with E-state index in [9.17, 15) is 9.18 Å². The molecule has 0 spiro atoms. The number of aldehydes is 1. The number of benzene rings is 3. The first kappa shape index (κ1) is 25.5. The van der Waals surface area contributed by atoms with Crippen LogP contribution >= 0.6 is 11.6 Å². The number of ether oxygens (including phenoxy) is 2. The lowest BCUT2D eigenvalue weighted by Crippen LogP contribution is -2.23. The minimum atomic E-state index is -0.533. The SMILES string of the molecule is CCCOc1ccc(C(C)(CCCc2ccc(F)c(Oc3ccccc3)c2)C(Cl)=CC=O)cc1. The van der Waals surface area contributed by atoms with Gasteiger partial charge in [-0.1, -0.05) is 61.8 Å². The van der Waals surface area contributed by atoms with Crippen molar-refractivity contribution in [1.82, 2.24) is 0 Å². The second-order valence-electron chi connectivity index (χ2n) is 8.39. The summed E-state index contributed by atoms with van der Waals surface area (Å²) in [5.74, 6) is 1.19. The third-order valence-electron chi connectivity index (χ3n) is 5.81. The molecule has 34 heavy (non-hydrogen) atoms. The van der Waals surface area contributed by atoms with E-state index in [-0.39, 0.29) is 5.75 Å². The van der Waals surface area contributed by atoms with Crippen LogP contribution in [0.25, 0.3) is 0 Å². The van der Waals surface area contributed by atoms with E-state index in [2.05, 4.69) is 6.92 Å². The predicted octanol–water partition coefficient (Wildman–Crippen LogP) is 8.01. The van der Waals surface area contributed by atoms with Gasteiger partial charge in [0, 0.05) is 10.4 Å². The van der Waals surface area contributed by atoms with Gasteiger partial charge < -0.3 is 9.47 Å². The summed E-state index contributed by atoms with van der Waals surface area (Å²) in [5, 5.41) is 0.483. The van der Waals surface area contributed by atoms with Crippen LogP contribution in [0.5, 0.6) is 17.2 Å². The van der Waals surface area contributed by atoms with Gasteiger partial charge in [0.15, 0.2) is 11.6 Å². The number of hydrogen-bond donors (Lipinski definition) is 0. The quantitative estimate of drug-likeness (QED) is 0.194. The zero-order valence-electron chi connectivity index (χ0n) is 19.6. The molecule has 0 saturated carbocycles. The average Bonchev–Trinajstić information content (AvgIpc) is 2.85. The first-order chi connectivity index (χ1) is 16.5. The number of aryl methyl sites for hydroxylation is 1. The van der Waals surface area contributed by atoms with Gasteiger partial charge in [0.2, 0.25) is 0 Å². The Morgan fingerprint density at radius 1 is 1.03 bits per heavy atom. The van der Waals surface area contributed by atoms with Crippen molar-refractivity contribution in [2.45, 2.75) is 44.9 Å². The molecule has 178 valence electrons. The van der Waals surface area contributed by atoms with Crippen molar-refractivity contribution in [2.24, 2.45) is 0 Å². The van der Waals surface area contributed by atoms with Gasteiger partial charge in [0.05, 0.1) is 6.61 Å². The molecule has 5 heteroatoms. The third kappa shape index (κ3) is 6.71. The number of hydrogen-bond acceptors (Lipinski definition) is 3. The number of halogens is 2. The molecule has 0 heterocycles. The molecule has 0 radical (unpaired) electrons. The van der Waals surface area contributed by atoms with Gasteiger partial charge in [-0.3, -0.25) is 4.79 Å². The number of carbonyl (C=O) groups excluding carboxylic acids is 1. The van der Waals surface area contributed by atoms with Crippen LogP contribution in [0.3, 0.4) is 0 Å². The van der Waals surface area contributed by atoms with E-state index < -0.39 is 11.2 Å². The summed E-state index contributed by atoms with van der Waals surface area (Å²) in [6.07, 6.45) is 5.26. The maximum absolute atomic E-state index is 14.3. The second kappa shape index (κ2) is 12.4. The first-order valence-electron chi connectivity index (χ1n) is 11.5. The maximum Gasteiger partial charge on any atom is 0.165 e. The van der Waals surface area contributed by atoms with Gasteiger partial charge in [0.1, 0.15) is 17.8 Å². The molecule has 0 aromatic heterocycles. The summed E-state index contributed by atoms with van der Waals surface area (Å²) in [5.41, 5.74) is 1.44. The van der Waals surface area contributed by atoms with Crippen molar-refractivity contribution in [3.63, 3.8) is 0 Å². The molecule has 3 aromatic carbocycles. The van der Waals surface area contributed by atoms with E-state index in [4.69, 9.17) is 21.1 Å². The molecule has 0 fully saturated rings. The Labute approximate surface area is 206 Å². The monoisotopic (exact) mass is 480 g/mol. The van der Waals surface area contributed by atoms with Gasteiger partial charge in [-0.05, 0) is 79.3 Å². The lowest BCUT2D eigenvalue weighted by molar-refractivity contribution is -0.104. The Kier molecular flexibility index (Phi) is 9.29. The number of allylic oxidation sites excluding steroid dienone is 2. The zero-order valence-corrected chi connectivity index (χ0v) is 20.4. The standard InChI is InChI=1S/C29H30ClFO3/c1-3-20-33-24-14-12-23(13-15-24)29(2,28(30)17-19-32)18-7-8-22-11-16-26(31)27(21-22)34-25-9-5-4-6-10-25/h4-6,9-17,19,21H,3,7-8,18,20H2,1-2H3. The van der Waals surface area contributed by atoms with Crippen LogP contribution in [0.15, 0.2) is 83.9 Å². The molecular weight excluding hydrogens is 451 g/mol. The number of para-hydroxylation sites is 1. The van der Waals surface area contributed by atoms with Crippen molar-refractivity contribution in [1.29, 1.82) is 0 Å². The van der Waals surface area contributed by atoms with Crippen molar-refractivity contribution in [2.75, 3.05) is 6.61 Å². The Morgan fingerprint density at radius 3 is 2.44 bits per heavy atom. The smallest absolute Gasteiger partial charge is 0.165 e. The molecule has 0 aliphatic carbocycles. The fourth-order valence-corrected chi connectivity index (χ4v) is 4.08. The summed E-state index contributed by atoms with van der Waals surface area (Å²) in [6, 6.07) is 21.9. The first-order valence-corrected chi connectivity index (χ1v) is 11.9. The van der Waals surface area contributed by atoms with Crippen LogP contribution in [0.2, 0.25) is 0 Å². The maximum atomic E-state index is 14.3. The van der Waals surface area contributed by atoms with Gasteiger partial charge in [-0.2, -0.15) is 0 Å². The lowest BCUT2D eigenvalue weighted by atomic mass is 9.77. The van der Waals surface area contributed by atoms with E-state index >= 15 is 0 Å². The topological polar surface area (TPSA) is 35.5 Å². The van der Waals surface area contributed by atoms with Crippen LogP contribution in [-0.2, 0) is 16.6 Å². The normalized spacial score (nSPS) is 13.2. The number of carbonyl (C=O) groups is 1. The van der Waals surface area contributed by atoms with Gasteiger partial charge in [0.25, 0.3) is 0 Å². The summed E-state index contributed by atoms with van der Waals surface area (Å²) in [7, 11) is 0. The summed E-state index contributed by atoms with van der Waals surface area (Å²) in [4.78, 5) is 11.2. The van der Waals surface area contributed by atoms with Crippen molar-refractivity contribution >= 4 is 17.9 Å². The summed E-state index contributed by atoms with van der Waals surface area (Å²) >= 11 is 6.59. The van der Waals surface area contributed by atoms with Gasteiger partial charge >= 0.3 is 0 Å². The second-order valence-corrected chi connectivity index (χ2v) is 8.80. The molecule has 0 amide bonds. The summed E-state index contributed by atoms with van der Waals surface area (Å²) in [6.45, 7) is 4.76. The molecule has 0 aliphatic heterocycles. The molecule has 0 bridgehead atoms. The van der Waals surface area contributed by atoms with Crippen LogP contribution in [0.1, 0.15) is 44.2 Å². The molecule has 1 atom stereocenters. The number of rotatable bonds is 12. The Balaban J connectivity index is 1.73. The minimum absolute atomic E-state index is 0.202. The highest BCUT2D eigenvalue weighted by Gasteiger charge is 2.30. The fraction of sp³-hybridized carbons (Fsp3) is 0.276. The molecular formula is C29H30ClFO3. The third-order valence-corrected chi connectivity index (χ3v) is 6.36. The van der Waals surface area contributed by atoms with E-state index in [1.807, 2.05) is 49.4 Å². The molecule has 0 N–H and O–H groups in total. The van der Waals surface area contributed by atoms with Crippen LogP contribution in [0, 0.1) is 5.82 Å². The van der Waals surface area contributed by atoms with E-state index in [1.165, 1.54) is 12.1 Å². The fourth-order valence-electron chi connectivity index (χ4n) is 3.83. The highest BCUT2D eigenvalue weighted by atomic mass is 35.5. The molecule has 0 saturated heterocycles. The largest absolute Gasteiger partial charge is 0.494 e. The van der Waals surface area contributed by atoms with Crippen molar-refractivity contribution in [3.8, 4) is 17.2 Å².